The first-order chi connectivity index (χ1) is 14.4. The number of rotatable bonds is 3. The number of amides is 2. The number of nitrogens with zero attached hydrogens (tertiary/aromatic N) is 3. The second-order valence-electron chi connectivity index (χ2n) is 10.2. The Hall–Kier alpha value is -3.03. The zero-order valence-corrected chi connectivity index (χ0v) is 19.0. The van der Waals surface area contributed by atoms with Crippen LogP contribution in [0.25, 0.3) is 0 Å². The van der Waals surface area contributed by atoms with Crippen molar-refractivity contribution in [1.29, 1.82) is 0 Å². The number of carbonyl (C=O) groups excluding carboxylic acids is 2. The highest BCUT2D eigenvalue weighted by Gasteiger charge is 2.36. The van der Waals surface area contributed by atoms with Gasteiger partial charge >= 0.3 is 0 Å². The summed E-state index contributed by atoms with van der Waals surface area (Å²) in [6.45, 7) is 12.9. The van der Waals surface area contributed by atoms with Crippen molar-refractivity contribution in [3.63, 3.8) is 0 Å². The van der Waals surface area contributed by atoms with Gasteiger partial charge in [0.05, 0.1) is 17.2 Å². The lowest BCUT2D eigenvalue weighted by molar-refractivity contribution is -0.122. The number of nitrogens with one attached hydrogen (secondary N) is 1. The van der Waals surface area contributed by atoms with E-state index in [4.69, 9.17) is 14.6 Å². The summed E-state index contributed by atoms with van der Waals surface area (Å²) >= 11 is 0. The number of benzene rings is 1. The van der Waals surface area contributed by atoms with Gasteiger partial charge < -0.3 is 19.7 Å². The van der Waals surface area contributed by atoms with E-state index in [0.717, 1.165) is 5.69 Å². The van der Waals surface area contributed by atoms with Crippen molar-refractivity contribution in [2.24, 2.45) is 5.92 Å². The zero-order chi connectivity index (χ0) is 22.6. The highest BCUT2D eigenvalue weighted by molar-refractivity contribution is 6.03. The van der Waals surface area contributed by atoms with E-state index in [1.165, 1.54) is 0 Å². The molecule has 1 saturated heterocycles. The molecule has 31 heavy (non-hydrogen) atoms. The molecule has 1 aromatic carbocycles. The van der Waals surface area contributed by atoms with Crippen LogP contribution >= 0.6 is 0 Å². The van der Waals surface area contributed by atoms with Crippen molar-refractivity contribution in [1.82, 2.24) is 9.78 Å². The first-order valence-corrected chi connectivity index (χ1v) is 10.6. The van der Waals surface area contributed by atoms with E-state index < -0.39 is 5.92 Å². The molecule has 0 aliphatic carbocycles. The fourth-order valence-corrected chi connectivity index (χ4v) is 3.76. The molecule has 2 aromatic rings. The molecule has 2 aliphatic heterocycles. The number of ether oxygens (including phenoxy) is 2. The van der Waals surface area contributed by atoms with Crippen molar-refractivity contribution < 1.29 is 19.1 Å². The van der Waals surface area contributed by atoms with Gasteiger partial charge in [-0.25, -0.2) is 4.68 Å². The third-order valence-corrected chi connectivity index (χ3v) is 5.53. The predicted molar refractivity (Wildman–Crippen MR) is 118 cm³/mol. The molecule has 8 heteroatoms. The highest BCUT2D eigenvalue weighted by atomic mass is 16.7. The van der Waals surface area contributed by atoms with Gasteiger partial charge in [0, 0.05) is 36.2 Å². The second kappa shape index (κ2) is 7.28. The number of anilines is 2. The summed E-state index contributed by atoms with van der Waals surface area (Å²) in [5, 5.41) is 7.77. The molecular formula is C23H30N4O4. The van der Waals surface area contributed by atoms with Gasteiger partial charge in [-0.2, -0.15) is 5.10 Å². The summed E-state index contributed by atoms with van der Waals surface area (Å²) < 4.78 is 12.6. The molecule has 166 valence electrons. The Balaban J connectivity index is 1.52. The van der Waals surface area contributed by atoms with Gasteiger partial charge in [-0.15, -0.1) is 0 Å². The molecular weight excluding hydrogens is 396 g/mol. The van der Waals surface area contributed by atoms with Crippen molar-refractivity contribution in [2.75, 3.05) is 23.6 Å². The summed E-state index contributed by atoms with van der Waals surface area (Å²) in [7, 11) is 0. The van der Waals surface area contributed by atoms with Gasteiger partial charge in [-0.3, -0.25) is 9.59 Å². The second-order valence-corrected chi connectivity index (χ2v) is 10.2. The van der Waals surface area contributed by atoms with Crippen LogP contribution < -0.4 is 19.7 Å². The molecule has 0 bridgehead atoms. The van der Waals surface area contributed by atoms with Gasteiger partial charge in [0.2, 0.25) is 18.6 Å². The van der Waals surface area contributed by atoms with E-state index in [1.807, 2.05) is 37.6 Å². The number of aromatic nitrogens is 2. The largest absolute Gasteiger partial charge is 0.454 e. The molecule has 1 unspecified atom stereocenters. The molecule has 2 aliphatic rings. The Morgan fingerprint density at radius 2 is 1.81 bits per heavy atom. The first-order valence-electron chi connectivity index (χ1n) is 10.6. The van der Waals surface area contributed by atoms with Crippen LogP contribution in [0.4, 0.5) is 11.5 Å². The van der Waals surface area contributed by atoms with Gasteiger partial charge in [-0.05, 0) is 32.9 Å². The minimum Gasteiger partial charge on any atom is -0.454 e. The summed E-state index contributed by atoms with van der Waals surface area (Å²) in [5.74, 6) is 1.22. The smallest absolute Gasteiger partial charge is 0.231 e. The number of fused-ring (bicyclic) bond motifs is 1. The molecule has 0 radical (unpaired) electrons. The Morgan fingerprint density at radius 1 is 1.10 bits per heavy atom. The van der Waals surface area contributed by atoms with Crippen LogP contribution in [0.3, 0.4) is 0 Å². The number of carbonyl (C=O) groups is 2. The fourth-order valence-electron chi connectivity index (χ4n) is 3.76. The van der Waals surface area contributed by atoms with Crippen molar-refractivity contribution in [3.05, 3.63) is 30.0 Å². The molecule has 4 rings (SSSR count). The third kappa shape index (κ3) is 4.11. The number of hydrogen-bond donors (Lipinski definition) is 1. The maximum atomic E-state index is 13.1. The normalized spacial score (nSPS) is 18.6. The standard InChI is InChI=1S/C23H30N4O4/c1-22(2,3)18-11-19(27(25-18)23(4,5)6)24-21(29)14-9-20(28)26(12-14)15-7-8-16-17(10-15)31-13-30-16/h7-8,10-11,14H,9,12-13H2,1-6H3,(H,24,29). The third-order valence-electron chi connectivity index (χ3n) is 5.53. The maximum Gasteiger partial charge on any atom is 0.231 e. The minimum atomic E-state index is -0.445. The highest BCUT2D eigenvalue weighted by Crippen LogP contribution is 2.37. The lowest BCUT2D eigenvalue weighted by Gasteiger charge is -2.23. The van der Waals surface area contributed by atoms with Crippen LogP contribution in [0, 0.1) is 5.92 Å². The van der Waals surface area contributed by atoms with E-state index >= 15 is 0 Å². The van der Waals surface area contributed by atoms with Gasteiger partial charge in [-0.1, -0.05) is 20.8 Å². The first kappa shape index (κ1) is 21.2. The summed E-state index contributed by atoms with van der Waals surface area (Å²) in [6, 6.07) is 7.31. The molecule has 0 spiro atoms. The van der Waals surface area contributed by atoms with Crippen LogP contribution in [0.15, 0.2) is 24.3 Å². The van der Waals surface area contributed by atoms with Crippen molar-refractivity contribution in [3.8, 4) is 11.5 Å². The minimum absolute atomic E-state index is 0.0845. The molecule has 0 saturated carbocycles. The quantitative estimate of drug-likeness (QED) is 0.810. The van der Waals surface area contributed by atoms with Gasteiger partial charge in [0.1, 0.15) is 5.82 Å². The number of hydrogen-bond acceptors (Lipinski definition) is 5. The summed E-state index contributed by atoms with van der Waals surface area (Å²) in [4.78, 5) is 27.4. The molecule has 1 atom stereocenters. The molecule has 1 N–H and O–H groups in total. The van der Waals surface area contributed by atoms with Crippen molar-refractivity contribution >= 4 is 23.3 Å². The predicted octanol–water partition coefficient (Wildman–Crippen LogP) is 3.66. The molecule has 1 aromatic heterocycles. The Bertz CT molecular complexity index is 1030. The van der Waals surface area contributed by atoms with Crippen molar-refractivity contribution in [2.45, 2.75) is 58.9 Å². The maximum absolute atomic E-state index is 13.1. The van der Waals surface area contributed by atoms with Crippen LogP contribution in [0.1, 0.15) is 53.7 Å². The van der Waals surface area contributed by atoms with Crippen LogP contribution in [0.5, 0.6) is 11.5 Å². The fraction of sp³-hybridized carbons (Fsp3) is 0.522. The SMILES string of the molecule is CC(C)(C)c1cc(NC(=O)C2CC(=O)N(c3ccc4c(c3)OCO4)C2)n(C(C)(C)C)n1. The lowest BCUT2D eigenvalue weighted by Crippen LogP contribution is -2.31. The topological polar surface area (TPSA) is 85.7 Å². The van der Waals surface area contributed by atoms with Crippen LogP contribution in [0.2, 0.25) is 0 Å². The average Bonchev–Trinajstić information content (AvgIpc) is 3.37. The summed E-state index contributed by atoms with van der Waals surface area (Å²) in [6.07, 6.45) is 0.163. The van der Waals surface area contributed by atoms with Crippen LogP contribution in [-0.4, -0.2) is 34.9 Å². The molecule has 2 amide bonds. The summed E-state index contributed by atoms with van der Waals surface area (Å²) in [5.41, 5.74) is 1.17. The zero-order valence-electron chi connectivity index (χ0n) is 19.0. The average molecular weight is 427 g/mol. The van der Waals surface area contributed by atoms with Gasteiger partial charge in [0.25, 0.3) is 0 Å². The molecule has 8 nitrogen and oxygen atoms in total. The van der Waals surface area contributed by atoms with E-state index in [1.54, 1.807) is 17.0 Å². The van der Waals surface area contributed by atoms with E-state index in [2.05, 4.69) is 26.1 Å². The molecule has 3 heterocycles. The Labute approximate surface area is 182 Å². The molecule has 1 fully saturated rings. The van der Waals surface area contributed by atoms with Crippen LogP contribution in [-0.2, 0) is 20.5 Å². The van der Waals surface area contributed by atoms with E-state index in [-0.39, 0.29) is 36.0 Å². The van der Waals surface area contributed by atoms with E-state index in [0.29, 0.717) is 29.5 Å². The van der Waals surface area contributed by atoms with Gasteiger partial charge in [0.15, 0.2) is 11.5 Å². The van der Waals surface area contributed by atoms with E-state index in [9.17, 15) is 9.59 Å². The lowest BCUT2D eigenvalue weighted by atomic mass is 9.92. The Kier molecular flexibility index (Phi) is 4.98. The monoisotopic (exact) mass is 426 g/mol. The Morgan fingerprint density at radius 3 is 2.48 bits per heavy atom.